The summed E-state index contributed by atoms with van der Waals surface area (Å²) < 4.78 is 1.41. The van der Waals surface area contributed by atoms with Crippen LogP contribution in [0.3, 0.4) is 0 Å². The molecule has 0 bridgehead atoms. The van der Waals surface area contributed by atoms with E-state index >= 15 is 0 Å². The Balaban J connectivity index is 1.77. The fraction of sp³-hybridized carbons (Fsp3) is 0. The molecule has 0 saturated carbocycles. The van der Waals surface area contributed by atoms with Gasteiger partial charge in [0.1, 0.15) is 11.5 Å². The number of para-hydroxylation sites is 2. The van der Waals surface area contributed by atoms with Gasteiger partial charge >= 0.3 is 5.69 Å². The van der Waals surface area contributed by atoms with Gasteiger partial charge in [0.15, 0.2) is 0 Å². The summed E-state index contributed by atoms with van der Waals surface area (Å²) in [6.07, 6.45) is 0. The van der Waals surface area contributed by atoms with Crippen LogP contribution in [-0.4, -0.2) is 19.8 Å². The normalized spacial score (nSPS) is 11.3. The zero-order chi connectivity index (χ0) is 19.3. The number of nitrogens with one attached hydrogen (secondary N) is 1. The number of phenolic OH excluding ortho intramolecular Hbond substituents is 2. The molecule has 0 radical (unpaired) electrons. The first kappa shape index (κ1) is 16.2. The van der Waals surface area contributed by atoms with Gasteiger partial charge in [0.05, 0.1) is 16.7 Å². The Kier molecular flexibility index (Phi) is 3.49. The summed E-state index contributed by atoms with van der Waals surface area (Å²) in [6, 6.07) is 24.0. The van der Waals surface area contributed by atoms with E-state index in [1.54, 1.807) is 18.2 Å². The van der Waals surface area contributed by atoms with Crippen molar-refractivity contribution in [1.82, 2.24) is 9.55 Å². The van der Waals surface area contributed by atoms with E-state index in [0.717, 1.165) is 16.3 Å². The number of rotatable bonds is 2. The molecule has 28 heavy (non-hydrogen) atoms. The second-order valence-corrected chi connectivity index (χ2v) is 6.70. The van der Waals surface area contributed by atoms with Crippen molar-refractivity contribution in [3.63, 3.8) is 0 Å². The van der Waals surface area contributed by atoms with Crippen molar-refractivity contribution in [2.24, 2.45) is 0 Å². The van der Waals surface area contributed by atoms with E-state index in [-0.39, 0.29) is 17.2 Å². The molecule has 5 rings (SSSR count). The molecule has 1 aromatic heterocycles. The predicted molar refractivity (Wildman–Crippen MR) is 110 cm³/mol. The number of hydrogen-bond acceptors (Lipinski definition) is 3. The highest BCUT2D eigenvalue weighted by atomic mass is 16.3. The topological polar surface area (TPSA) is 78.2 Å². The van der Waals surface area contributed by atoms with Gasteiger partial charge < -0.3 is 15.2 Å². The van der Waals surface area contributed by atoms with E-state index in [9.17, 15) is 15.0 Å². The zero-order valence-corrected chi connectivity index (χ0v) is 14.8. The van der Waals surface area contributed by atoms with Crippen molar-refractivity contribution in [2.75, 3.05) is 0 Å². The molecule has 0 atom stereocenters. The lowest BCUT2D eigenvalue weighted by Crippen LogP contribution is -2.14. The lowest BCUT2D eigenvalue weighted by atomic mass is 9.99. The fourth-order valence-electron chi connectivity index (χ4n) is 3.63. The summed E-state index contributed by atoms with van der Waals surface area (Å²) in [5.74, 6) is -0.224. The second-order valence-electron chi connectivity index (χ2n) is 6.70. The number of imidazole rings is 1. The number of aromatic hydroxyl groups is 2. The number of phenols is 2. The highest BCUT2D eigenvalue weighted by molar-refractivity contribution is 5.89. The van der Waals surface area contributed by atoms with Crippen LogP contribution in [0.2, 0.25) is 0 Å². The molecule has 4 aromatic carbocycles. The van der Waals surface area contributed by atoms with Crippen LogP contribution in [0, 0.1) is 0 Å². The maximum absolute atomic E-state index is 12.5. The summed E-state index contributed by atoms with van der Waals surface area (Å²) >= 11 is 0. The number of fused-ring (bicyclic) bond motifs is 2. The molecule has 136 valence electrons. The molecule has 0 spiro atoms. The van der Waals surface area contributed by atoms with Gasteiger partial charge in [-0.15, -0.1) is 0 Å². The Morgan fingerprint density at radius 2 is 1.50 bits per heavy atom. The Morgan fingerprint density at radius 1 is 0.750 bits per heavy atom. The van der Waals surface area contributed by atoms with Crippen LogP contribution in [-0.2, 0) is 0 Å². The first-order valence-corrected chi connectivity index (χ1v) is 8.87. The van der Waals surface area contributed by atoms with Crippen LogP contribution in [0.15, 0.2) is 83.7 Å². The van der Waals surface area contributed by atoms with Crippen LogP contribution in [0.4, 0.5) is 0 Å². The highest BCUT2D eigenvalue weighted by Gasteiger charge is 2.16. The van der Waals surface area contributed by atoms with Gasteiger partial charge in [-0.2, -0.15) is 0 Å². The van der Waals surface area contributed by atoms with Crippen LogP contribution < -0.4 is 5.69 Å². The Hall–Kier alpha value is -3.99. The number of aromatic amines is 1. The Labute approximate surface area is 159 Å². The van der Waals surface area contributed by atoms with Crippen molar-refractivity contribution in [1.29, 1.82) is 0 Å². The monoisotopic (exact) mass is 368 g/mol. The van der Waals surface area contributed by atoms with Crippen molar-refractivity contribution in [3.8, 4) is 28.3 Å². The van der Waals surface area contributed by atoms with E-state index in [0.29, 0.717) is 22.3 Å². The van der Waals surface area contributed by atoms with Gasteiger partial charge in [-0.05, 0) is 40.6 Å². The van der Waals surface area contributed by atoms with E-state index in [1.165, 1.54) is 10.6 Å². The number of aromatic nitrogens is 2. The molecular weight excluding hydrogens is 352 g/mol. The van der Waals surface area contributed by atoms with E-state index < -0.39 is 0 Å². The molecule has 0 aliphatic rings. The van der Waals surface area contributed by atoms with Crippen molar-refractivity contribution >= 4 is 21.8 Å². The molecule has 3 N–H and O–H groups in total. The van der Waals surface area contributed by atoms with Gasteiger partial charge in [-0.1, -0.05) is 48.5 Å². The smallest absolute Gasteiger partial charge is 0.331 e. The molecular formula is C23H16N2O3. The zero-order valence-electron chi connectivity index (χ0n) is 14.8. The first-order valence-electron chi connectivity index (χ1n) is 8.87. The maximum Gasteiger partial charge on any atom is 0.331 e. The largest absolute Gasteiger partial charge is 0.507 e. The molecule has 0 aliphatic heterocycles. The van der Waals surface area contributed by atoms with Crippen LogP contribution in [0.5, 0.6) is 11.5 Å². The number of nitrogens with zero attached hydrogens (tertiary/aromatic N) is 1. The van der Waals surface area contributed by atoms with Gasteiger partial charge in [0.25, 0.3) is 0 Å². The fourth-order valence-corrected chi connectivity index (χ4v) is 3.63. The average molecular weight is 368 g/mol. The quantitative estimate of drug-likeness (QED) is 0.428. The van der Waals surface area contributed by atoms with Crippen molar-refractivity contribution in [2.45, 2.75) is 0 Å². The minimum absolute atomic E-state index is 0.0515. The number of H-pyrrole nitrogens is 1. The van der Waals surface area contributed by atoms with Gasteiger partial charge in [0, 0.05) is 11.6 Å². The van der Waals surface area contributed by atoms with Gasteiger partial charge in [0.2, 0.25) is 0 Å². The molecule has 0 aliphatic carbocycles. The Morgan fingerprint density at radius 3 is 2.36 bits per heavy atom. The minimum atomic E-state index is -0.355. The van der Waals surface area contributed by atoms with Crippen molar-refractivity contribution in [3.05, 3.63) is 89.3 Å². The molecule has 1 heterocycles. The summed E-state index contributed by atoms with van der Waals surface area (Å²) in [4.78, 5) is 15.3. The summed E-state index contributed by atoms with van der Waals surface area (Å²) in [6.45, 7) is 0. The van der Waals surface area contributed by atoms with E-state index in [2.05, 4.69) is 4.98 Å². The van der Waals surface area contributed by atoms with Gasteiger partial charge in [-0.3, -0.25) is 4.57 Å². The molecule has 0 unspecified atom stereocenters. The van der Waals surface area contributed by atoms with Crippen LogP contribution in [0.1, 0.15) is 0 Å². The number of benzene rings is 4. The highest BCUT2D eigenvalue weighted by Crippen LogP contribution is 2.38. The molecule has 0 saturated heterocycles. The van der Waals surface area contributed by atoms with Crippen molar-refractivity contribution < 1.29 is 10.2 Å². The predicted octanol–water partition coefficient (Wildman–Crippen LogP) is 4.55. The Bertz CT molecular complexity index is 1410. The van der Waals surface area contributed by atoms with Crippen LogP contribution in [0.25, 0.3) is 38.6 Å². The average Bonchev–Trinajstić information content (AvgIpc) is 3.03. The third-order valence-corrected chi connectivity index (χ3v) is 4.98. The number of hydrogen-bond donors (Lipinski definition) is 3. The summed E-state index contributed by atoms with van der Waals surface area (Å²) in [5, 5.41) is 23.1. The molecule has 0 fully saturated rings. The second kappa shape index (κ2) is 6.03. The third-order valence-electron chi connectivity index (χ3n) is 4.98. The van der Waals surface area contributed by atoms with E-state index in [4.69, 9.17) is 0 Å². The first-order chi connectivity index (χ1) is 13.6. The summed E-state index contributed by atoms with van der Waals surface area (Å²) in [7, 11) is 0. The maximum atomic E-state index is 12.5. The molecule has 5 heteroatoms. The lowest BCUT2D eigenvalue weighted by molar-refractivity contribution is 0.450. The SMILES string of the molecule is O=c1[nH]c2ccccc2n1-c1cc(-c2ccc3ccccc3c2)c(O)cc1O. The standard InChI is InChI=1S/C23H16N2O3/c26-21-13-22(27)20(25-19-8-4-3-7-18(19)24-23(25)28)12-17(21)16-10-9-14-5-1-2-6-15(14)11-16/h1-13,26-27H,(H,24,28). The van der Waals surface area contributed by atoms with E-state index in [1.807, 2.05) is 54.6 Å². The lowest BCUT2D eigenvalue weighted by Gasteiger charge is -2.12. The van der Waals surface area contributed by atoms with Crippen LogP contribution >= 0.6 is 0 Å². The third kappa shape index (κ3) is 2.45. The van der Waals surface area contributed by atoms with Gasteiger partial charge in [-0.25, -0.2) is 4.79 Å². The molecule has 5 aromatic rings. The molecule has 5 nitrogen and oxygen atoms in total. The summed E-state index contributed by atoms with van der Waals surface area (Å²) in [5.41, 5.74) is 2.61. The minimum Gasteiger partial charge on any atom is -0.507 e. The molecule has 0 amide bonds.